The van der Waals surface area contributed by atoms with Crippen LogP contribution in [0.15, 0.2) is 36.0 Å². The van der Waals surface area contributed by atoms with Crippen LogP contribution >= 0.6 is 0 Å². The minimum atomic E-state index is -0.266. The van der Waals surface area contributed by atoms with Crippen LogP contribution in [-0.2, 0) is 14.9 Å². The van der Waals surface area contributed by atoms with Gasteiger partial charge in [-0.1, -0.05) is 32.0 Å². The Balaban J connectivity index is 1.62. The maximum atomic E-state index is 12.7. The molecule has 1 amide bonds. The molecule has 1 fully saturated rings. The molecule has 146 valence electrons. The zero-order chi connectivity index (χ0) is 19.6. The summed E-state index contributed by atoms with van der Waals surface area (Å²) in [6.45, 7) is 9.45. The number of anilines is 1. The number of ketones is 1. The van der Waals surface area contributed by atoms with Gasteiger partial charge in [0.05, 0.1) is 13.2 Å². The fourth-order valence-corrected chi connectivity index (χ4v) is 3.98. The summed E-state index contributed by atoms with van der Waals surface area (Å²) in [6, 6.07) is 8.30. The van der Waals surface area contributed by atoms with Crippen LogP contribution in [0.4, 0.5) is 10.5 Å². The maximum Gasteiger partial charge on any atom is 0.409 e. The second-order valence-corrected chi connectivity index (χ2v) is 7.66. The Morgan fingerprint density at radius 3 is 2.44 bits per heavy atom. The molecule has 2 aliphatic heterocycles. The van der Waals surface area contributed by atoms with Crippen molar-refractivity contribution < 1.29 is 14.3 Å². The van der Waals surface area contributed by atoms with Crippen LogP contribution in [-0.4, -0.2) is 68.1 Å². The van der Waals surface area contributed by atoms with E-state index in [0.717, 1.165) is 11.4 Å². The second-order valence-electron chi connectivity index (χ2n) is 7.66. The van der Waals surface area contributed by atoms with Gasteiger partial charge in [0.25, 0.3) is 0 Å². The summed E-state index contributed by atoms with van der Waals surface area (Å²) in [7, 11) is 2.02. The van der Waals surface area contributed by atoms with Gasteiger partial charge in [-0.05, 0) is 18.6 Å². The molecule has 1 aromatic rings. The Morgan fingerprint density at radius 2 is 1.81 bits per heavy atom. The lowest BCUT2D eigenvalue weighted by Gasteiger charge is -2.33. The lowest BCUT2D eigenvalue weighted by atomic mass is 9.83. The largest absolute Gasteiger partial charge is 0.450 e. The summed E-state index contributed by atoms with van der Waals surface area (Å²) < 4.78 is 5.04. The highest BCUT2D eigenvalue weighted by Crippen LogP contribution is 2.46. The number of allylic oxidation sites excluding steroid dienone is 1. The molecule has 1 saturated heterocycles. The number of benzene rings is 1. The zero-order valence-electron chi connectivity index (χ0n) is 16.7. The molecule has 0 saturated carbocycles. The van der Waals surface area contributed by atoms with Crippen LogP contribution in [0, 0.1) is 0 Å². The number of hydrogen-bond acceptors (Lipinski definition) is 5. The van der Waals surface area contributed by atoms with Crippen molar-refractivity contribution in [2.45, 2.75) is 26.2 Å². The molecule has 0 spiro atoms. The number of rotatable bonds is 4. The number of para-hydroxylation sites is 1. The van der Waals surface area contributed by atoms with Gasteiger partial charge in [-0.2, -0.15) is 0 Å². The second kappa shape index (κ2) is 7.72. The van der Waals surface area contributed by atoms with Crippen LogP contribution < -0.4 is 4.90 Å². The Kier molecular flexibility index (Phi) is 5.56. The van der Waals surface area contributed by atoms with Crippen molar-refractivity contribution in [1.29, 1.82) is 0 Å². The Bertz CT molecular complexity index is 749. The first-order valence-corrected chi connectivity index (χ1v) is 9.57. The number of ether oxygens (including phenoxy) is 1. The monoisotopic (exact) mass is 371 g/mol. The molecule has 0 bridgehead atoms. The minimum Gasteiger partial charge on any atom is -0.450 e. The lowest BCUT2D eigenvalue weighted by Crippen LogP contribution is -2.50. The van der Waals surface area contributed by atoms with Gasteiger partial charge in [-0.15, -0.1) is 0 Å². The SMILES string of the molecule is CCOC(=O)N1CCN(CC(=O)/C=C2/N(C)c3ccccc3C2(C)C)CC1. The van der Waals surface area contributed by atoms with Crippen LogP contribution in [0.1, 0.15) is 26.3 Å². The number of fused-ring (bicyclic) bond motifs is 1. The van der Waals surface area contributed by atoms with E-state index < -0.39 is 0 Å². The topological polar surface area (TPSA) is 53.1 Å². The molecule has 0 aromatic heterocycles. The predicted octanol–water partition coefficient (Wildman–Crippen LogP) is 2.64. The maximum absolute atomic E-state index is 12.7. The van der Waals surface area contributed by atoms with Crippen LogP contribution in [0.3, 0.4) is 0 Å². The van der Waals surface area contributed by atoms with Gasteiger partial charge in [0.15, 0.2) is 5.78 Å². The number of likely N-dealkylation sites (N-methyl/N-ethyl adjacent to an activating group) is 1. The van der Waals surface area contributed by atoms with Gasteiger partial charge in [-0.25, -0.2) is 4.79 Å². The summed E-state index contributed by atoms with van der Waals surface area (Å²) in [5.41, 5.74) is 3.24. The van der Waals surface area contributed by atoms with Crippen molar-refractivity contribution in [2.24, 2.45) is 0 Å². The van der Waals surface area contributed by atoms with Crippen LogP contribution in [0.25, 0.3) is 0 Å². The van der Waals surface area contributed by atoms with Crippen molar-refractivity contribution in [3.63, 3.8) is 0 Å². The third-order valence-electron chi connectivity index (χ3n) is 5.52. The van der Waals surface area contributed by atoms with Gasteiger partial charge in [-0.3, -0.25) is 9.69 Å². The van der Waals surface area contributed by atoms with Gasteiger partial charge in [0.1, 0.15) is 0 Å². The van der Waals surface area contributed by atoms with Crippen molar-refractivity contribution >= 4 is 17.6 Å². The first-order chi connectivity index (χ1) is 12.8. The average Bonchev–Trinajstić information content (AvgIpc) is 2.84. The standard InChI is InChI=1S/C21H29N3O3/c1-5-27-20(26)24-12-10-23(11-13-24)15-16(25)14-19-21(2,3)17-8-6-7-9-18(17)22(19)4/h6-9,14H,5,10-13,15H2,1-4H3/b19-14+. The Hall–Kier alpha value is -2.34. The Labute approximate surface area is 161 Å². The van der Waals surface area contributed by atoms with Crippen LogP contribution in [0.5, 0.6) is 0 Å². The van der Waals surface area contributed by atoms with Crippen molar-refractivity contribution in [1.82, 2.24) is 9.80 Å². The predicted molar refractivity (Wildman–Crippen MR) is 106 cm³/mol. The summed E-state index contributed by atoms with van der Waals surface area (Å²) in [5, 5.41) is 0. The molecule has 2 aliphatic rings. The molecule has 0 aliphatic carbocycles. The minimum absolute atomic E-state index is 0.0994. The first kappa shape index (κ1) is 19.4. The fraction of sp³-hybridized carbons (Fsp3) is 0.524. The Morgan fingerprint density at radius 1 is 1.15 bits per heavy atom. The number of amides is 1. The van der Waals surface area contributed by atoms with Crippen LogP contribution in [0.2, 0.25) is 0 Å². The summed E-state index contributed by atoms with van der Waals surface area (Å²) in [5.74, 6) is 0.0994. The summed E-state index contributed by atoms with van der Waals surface area (Å²) in [4.78, 5) is 30.4. The van der Waals surface area contributed by atoms with E-state index in [9.17, 15) is 9.59 Å². The fourth-order valence-electron chi connectivity index (χ4n) is 3.98. The highest BCUT2D eigenvalue weighted by molar-refractivity contribution is 5.94. The third-order valence-corrected chi connectivity index (χ3v) is 5.52. The smallest absolute Gasteiger partial charge is 0.409 e. The van der Waals surface area contributed by atoms with Crippen molar-refractivity contribution in [2.75, 3.05) is 51.3 Å². The van der Waals surface area contributed by atoms with E-state index in [1.54, 1.807) is 17.9 Å². The molecule has 27 heavy (non-hydrogen) atoms. The molecule has 6 heteroatoms. The molecule has 0 unspecified atom stereocenters. The van der Waals surface area contributed by atoms with Gasteiger partial charge >= 0.3 is 6.09 Å². The number of piperazine rings is 1. The van der Waals surface area contributed by atoms with E-state index in [1.165, 1.54) is 5.56 Å². The van der Waals surface area contributed by atoms with E-state index in [-0.39, 0.29) is 17.3 Å². The van der Waals surface area contributed by atoms with Crippen molar-refractivity contribution in [3.8, 4) is 0 Å². The molecule has 0 N–H and O–H groups in total. The van der Waals surface area contributed by atoms with E-state index >= 15 is 0 Å². The normalized spacial score (nSPS) is 20.7. The molecule has 0 radical (unpaired) electrons. The summed E-state index contributed by atoms with van der Waals surface area (Å²) >= 11 is 0. The highest BCUT2D eigenvalue weighted by atomic mass is 16.6. The number of hydrogen-bond donors (Lipinski definition) is 0. The van der Waals surface area contributed by atoms with E-state index in [0.29, 0.717) is 39.3 Å². The molecular weight excluding hydrogens is 342 g/mol. The average molecular weight is 371 g/mol. The molecule has 2 heterocycles. The van der Waals surface area contributed by atoms with E-state index in [2.05, 4.69) is 35.8 Å². The molecule has 6 nitrogen and oxygen atoms in total. The number of nitrogens with zero attached hydrogens (tertiary/aromatic N) is 3. The van der Waals surface area contributed by atoms with Gasteiger partial charge in [0, 0.05) is 56.1 Å². The van der Waals surface area contributed by atoms with Crippen molar-refractivity contribution in [3.05, 3.63) is 41.6 Å². The number of carbonyl (C=O) groups is 2. The number of carbonyl (C=O) groups excluding carboxylic acids is 2. The molecule has 3 rings (SSSR count). The summed E-state index contributed by atoms with van der Waals surface area (Å²) in [6.07, 6.45) is 1.52. The third kappa shape index (κ3) is 3.86. The zero-order valence-corrected chi connectivity index (χ0v) is 16.7. The van der Waals surface area contributed by atoms with E-state index in [1.807, 2.05) is 19.2 Å². The molecule has 0 atom stereocenters. The van der Waals surface area contributed by atoms with E-state index in [4.69, 9.17) is 4.74 Å². The molecule has 1 aromatic carbocycles. The lowest BCUT2D eigenvalue weighted by molar-refractivity contribution is -0.116. The van der Waals surface area contributed by atoms with Gasteiger partial charge in [0.2, 0.25) is 0 Å². The first-order valence-electron chi connectivity index (χ1n) is 9.57. The quantitative estimate of drug-likeness (QED) is 0.762. The van der Waals surface area contributed by atoms with Gasteiger partial charge < -0.3 is 14.5 Å². The highest BCUT2D eigenvalue weighted by Gasteiger charge is 2.38. The molecular formula is C21H29N3O3.